The average Bonchev–Trinajstić information content (AvgIpc) is 2.54. The van der Waals surface area contributed by atoms with Crippen molar-refractivity contribution in [1.82, 2.24) is 5.32 Å². The van der Waals surface area contributed by atoms with Crippen molar-refractivity contribution in [2.45, 2.75) is 32.1 Å². The minimum atomic E-state index is -0.395. The van der Waals surface area contributed by atoms with E-state index < -0.39 is 5.97 Å². The number of nitrogens with one attached hydrogen (secondary N) is 2. The topological polar surface area (TPSA) is 67.4 Å². The highest BCUT2D eigenvalue weighted by molar-refractivity contribution is 5.92. The average molecular weight is 288 g/mol. The van der Waals surface area contributed by atoms with Crippen molar-refractivity contribution in [3.8, 4) is 0 Å². The second-order valence-corrected chi connectivity index (χ2v) is 5.03. The van der Waals surface area contributed by atoms with Crippen LogP contribution in [0.3, 0.4) is 0 Å². The van der Waals surface area contributed by atoms with Crippen molar-refractivity contribution in [3.63, 3.8) is 0 Å². The number of urea groups is 1. The molecular weight excluding hydrogens is 268 g/mol. The first-order valence-corrected chi connectivity index (χ1v) is 7.13. The molecule has 0 radical (unpaired) electrons. The first-order valence-electron chi connectivity index (χ1n) is 7.13. The Kier molecular flexibility index (Phi) is 5.37. The van der Waals surface area contributed by atoms with Crippen LogP contribution in [0.4, 0.5) is 10.5 Å². The van der Waals surface area contributed by atoms with Gasteiger partial charge >= 0.3 is 12.0 Å². The normalized spacial score (nSPS) is 14.2. The second kappa shape index (κ2) is 7.47. The Balaban J connectivity index is 1.86. The van der Waals surface area contributed by atoms with Crippen LogP contribution in [0.1, 0.15) is 42.5 Å². The van der Waals surface area contributed by atoms with E-state index in [1.165, 1.54) is 31.9 Å². The summed E-state index contributed by atoms with van der Waals surface area (Å²) in [6.07, 6.45) is 7.60. The fourth-order valence-corrected chi connectivity index (χ4v) is 2.29. The van der Waals surface area contributed by atoms with E-state index in [0.717, 1.165) is 12.8 Å². The lowest BCUT2D eigenvalue weighted by Gasteiger charge is -2.13. The predicted octanol–water partition coefficient (Wildman–Crippen LogP) is 3.44. The number of allylic oxidation sites excluding steroid dienone is 1. The fraction of sp³-hybridized carbons (Fsp3) is 0.375. The van der Waals surface area contributed by atoms with Crippen LogP contribution in [0, 0.1) is 0 Å². The number of hydrogen-bond donors (Lipinski definition) is 2. The summed E-state index contributed by atoms with van der Waals surface area (Å²) in [4.78, 5) is 23.1. The van der Waals surface area contributed by atoms with Gasteiger partial charge in [0.1, 0.15) is 0 Å². The molecule has 0 atom stereocenters. The third-order valence-electron chi connectivity index (χ3n) is 3.47. The highest BCUT2D eigenvalue weighted by atomic mass is 16.5. The van der Waals surface area contributed by atoms with Gasteiger partial charge in [0.15, 0.2) is 0 Å². The molecule has 0 heterocycles. The Morgan fingerprint density at radius 2 is 1.76 bits per heavy atom. The molecule has 1 aromatic carbocycles. The molecule has 0 spiro atoms. The van der Waals surface area contributed by atoms with Gasteiger partial charge in [0, 0.05) is 11.9 Å². The van der Waals surface area contributed by atoms with E-state index in [9.17, 15) is 9.59 Å². The summed E-state index contributed by atoms with van der Waals surface area (Å²) < 4.78 is 4.62. The smallest absolute Gasteiger partial charge is 0.337 e. The van der Waals surface area contributed by atoms with Crippen LogP contribution >= 0.6 is 0 Å². The highest BCUT2D eigenvalue weighted by Gasteiger charge is 2.07. The van der Waals surface area contributed by atoms with Crippen molar-refractivity contribution in [1.29, 1.82) is 0 Å². The van der Waals surface area contributed by atoms with Crippen LogP contribution in [-0.4, -0.2) is 19.1 Å². The Hall–Kier alpha value is -2.30. The lowest BCUT2D eigenvalue weighted by atomic mass is 9.96. The number of esters is 1. The minimum absolute atomic E-state index is 0.279. The number of hydrogen-bond acceptors (Lipinski definition) is 3. The molecule has 1 aliphatic carbocycles. The van der Waals surface area contributed by atoms with Crippen LogP contribution in [0.15, 0.2) is 36.0 Å². The molecule has 0 aromatic heterocycles. The van der Waals surface area contributed by atoms with Crippen molar-refractivity contribution in [2.75, 3.05) is 12.4 Å². The zero-order valence-electron chi connectivity index (χ0n) is 12.1. The van der Waals surface area contributed by atoms with Gasteiger partial charge in [-0.15, -0.1) is 0 Å². The fourth-order valence-electron chi connectivity index (χ4n) is 2.29. The van der Waals surface area contributed by atoms with Gasteiger partial charge in [-0.05, 0) is 49.9 Å². The van der Waals surface area contributed by atoms with Gasteiger partial charge in [-0.3, -0.25) is 0 Å². The molecule has 1 saturated carbocycles. The number of amides is 2. The first kappa shape index (κ1) is 15.1. The van der Waals surface area contributed by atoms with Gasteiger partial charge in [-0.2, -0.15) is 0 Å². The molecule has 0 aliphatic heterocycles. The molecule has 1 fully saturated rings. The summed E-state index contributed by atoms with van der Waals surface area (Å²) in [6, 6.07) is 6.28. The van der Waals surface area contributed by atoms with Crippen LogP contribution in [0.25, 0.3) is 0 Å². The second-order valence-electron chi connectivity index (χ2n) is 5.03. The predicted molar refractivity (Wildman–Crippen MR) is 81.1 cm³/mol. The standard InChI is InChI=1S/C16H20N2O3/c1-21-15(19)13-7-9-14(10-8-13)18-16(20)17-11-12-5-3-2-4-6-12/h7-11H,2-6H2,1H3,(H2,17,18,20). The van der Waals surface area contributed by atoms with E-state index in [1.54, 1.807) is 30.5 Å². The maximum atomic E-state index is 11.8. The molecular formula is C16H20N2O3. The molecule has 5 nitrogen and oxygen atoms in total. The van der Waals surface area contributed by atoms with E-state index in [-0.39, 0.29) is 6.03 Å². The molecule has 1 aromatic rings. The lowest BCUT2D eigenvalue weighted by Crippen LogP contribution is -2.24. The van der Waals surface area contributed by atoms with Gasteiger partial charge in [-0.1, -0.05) is 12.0 Å². The number of benzene rings is 1. The number of carbonyl (C=O) groups is 2. The van der Waals surface area contributed by atoms with E-state index in [0.29, 0.717) is 11.3 Å². The largest absolute Gasteiger partial charge is 0.465 e. The quantitative estimate of drug-likeness (QED) is 0.837. The molecule has 0 saturated heterocycles. The highest BCUT2D eigenvalue weighted by Crippen LogP contribution is 2.21. The SMILES string of the molecule is COC(=O)c1ccc(NC(=O)NC=C2CCCCC2)cc1. The molecule has 2 N–H and O–H groups in total. The van der Waals surface area contributed by atoms with Crippen molar-refractivity contribution < 1.29 is 14.3 Å². The molecule has 2 amide bonds. The third kappa shape index (κ3) is 4.63. The van der Waals surface area contributed by atoms with Crippen molar-refractivity contribution in [3.05, 3.63) is 41.6 Å². The van der Waals surface area contributed by atoms with Gasteiger partial charge in [0.25, 0.3) is 0 Å². The van der Waals surface area contributed by atoms with Crippen molar-refractivity contribution >= 4 is 17.7 Å². The number of ether oxygens (including phenoxy) is 1. The zero-order chi connectivity index (χ0) is 15.1. The Morgan fingerprint density at radius 3 is 2.38 bits per heavy atom. The monoisotopic (exact) mass is 288 g/mol. The van der Waals surface area contributed by atoms with Gasteiger partial charge in [0.05, 0.1) is 12.7 Å². The minimum Gasteiger partial charge on any atom is -0.465 e. The molecule has 0 bridgehead atoms. The van der Waals surface area contributed by atoms with Crippen LogP contribution < -0.4 is 10.6 Å². The molecule has 0 unspecified atom stereocenters. The van der Waals surface area contributed by atoms with Crippen LogP contribution in [-0.2, 0) is 4.74 Å². The van der Waals surface area contributed by atoms with Crippen LogP contribution in [0.2, 0.25) is 0 Å². The number of anilines is 1. The summed E-state index contributed by atoms with van der Waals surface area (Å²) in [6.45, 7) is 0. The Bertz CT molecular complexity index is 527. The summed E-state index contributed by atoms with van der Waals surface area (Å²) in [5.74, 6) is -0.395. The Morgan fingerprint density at radius 1 is 1.10 bits per heavy atom. The zero-order valence-corrected chi connectivity index (χ0v) is 12.1. The Labute approximate surface area is 124 Å². The summed E-state index contributed by atoms with van der Waals surface area (Å²) >= 11 is 0. The molecule has 21 heavy (non-hydrogen) atoms. The van der Waals surface area contributed by atoms with Gasteiger partial charge in [0.2, 0.25) is 0 Å². The number of carbonyl (C=O) groups excluding carboxylic acids is 2. The summed E-state index contributed by atoms with van der Waals surface area (Å²) in [5, 5.41) is 5.46. The molecule has 112 valence electrons. The van der Waals surface area contributed by atoms with Crippen LogP contribution in [0.5, 0.6) is 0 Å². The maximum absolute atomic E-state index is 11.8. The maximum Gasteiger partial charge on any atom is 0.337 e. The number of methoxy groups -OCH3 is 1. The van der Waals surface area contributed by atoms with E-state index in [1.807, 2.05) is 0 Å². The van der Waals surface area contributed by atoms with E-state index in [4.69, 9.17) is 0 Å². The van der Waals surface area contributed by atoms with Gasteiger partial charge in [-0.25, -0.2) is 9.59 Å². The van der Waals surface area contributed by atoms with E-state index >= 15 is 0 Å². The number of rotatable bonds is 3. The lowest BCUT2D eigenvalue weighted by molar-refractivity contribution is 0.0601. The molecule has 1 aliphatic rings. The summed E-state index contributed by atoms with van der Waals surface area (Å²) in [7, 11) is 1.33. The van der Waals surface area contributed by atoms with Gasteiger partial charge < -0.3 is 15.4 Å². The molecule has 5 heteroatoms. The third-order valence-corrected chi connectivity index (χ3v) is 3.47. The van der Waals surface area contributed by atoms with E-state index in [2.05, 4.69) is 15.4 Å². The van der Waals surface area contributed by atoms with Crippen molar-refractivity contribution in [2.24, 2.45) is 0 Å². The first-order chi connectivity index (χ1) is 10.2. The summed E-state index contributed by atoms with van der Waals surface area (Å²) in [5.41, 5.74) is 2.37. The molecule has 2 rings (SSSR count).